The maximum absolute atomic E-state index is 12.6. The number of hydrogen-bond acceptors (Lipinski definition) is 4. The van der Waals surface area contributed by atoms with Crippen LogP contribution in [0.2, 0.25) is 5.02 Å². The van der Waals surface area contributed by atoms with Gasteiger partial charge in [0.1, 0.15) is 6.04 Å². The standard InChI is InChI=1S/C19H24ClN3O4/c1-12-15(11-21-23(12)14-7-5-6-13(20)10-14)17(24)22-16(18(25)26)8-9-27-19(2,3)4/h5-7,10-11,16H,8-9H2,1-4H3,(H,22,24)(H,25,26). The van der Waals surface area contributed by atoms with Crippen LogP contribution in [0.15, 0.2) is 30.5 Å². The number of nitrogens with one attached hydrogen (secondary N) is 1. The SMILES string of the molecule is Cc1c(C(=O)NC(CCOC(C)(C)C)C(=O)O)cnn1-c1cccc(Cl)c1. The predicted molar refractivity (Wildman–Crippen MR) is 103 cm³/mol. The van der Waals surface area contributed by atoms with Crippen LogP contribution in [0.25, 0.3) is 5.69 Å². The number of aromatic nitrogens is 2. The molecule has 0 saturated heterocycles. The van der Waals surface area contributed by atoms with Crippen LogP contribution in [-0.2, 0) is 9.53 Å². The van der Waals surface area contributed by atoms with Crippen LogP contribution < -0.4 is 5.32 Å². The summed E-state index contributed by atoms with van der Waals surface area (Å²) in [7, 11) is 0. The summed E-state index contributed by atoms with van der Waals surface area (Å²) in [6.07, 6.45) is 1.58. The quantitative estimate of drug-likeness (QED) is 0.753. The summed E-state index contributed by atoms with van der Waals surface area (Å²) in [5.74, 6) is -1.61. The molecule has 0 aliphatic rings. The average Bonchev–Trinajstić information content (AvgIpc) is 2.94. The minimum atomic E-state index is -1.11. The zero-order valence-electron chi connectivity index (χ0n) is 15.8. The van der Waals surface area contributed by atoms with Crippen LogP contribution in [0.5, 0.6) is 0 Å². The number of halogens is 1. The summed E-state index contributed by atoms with van der Waals surface area (Å²) in [6.45, 7) is 7.61. The van der Waals surface area contributed by atoms with E-state index in [1.54, 1.807) is 29.8 Å². The second-order valence-electron chi connectivity index (χ2n) is 7.15. The lowest BCUT2D eigenvalue weighted by Crippen LogP contribution is -2.42. The second kappa shape index (κ2) is 8.54. The highest BCUT2D eigenvalue weighted by molar-refractivity contribution is 6.30. The molecule has 2 N–H and O–H groups in total. The van der Waals surface area contributed by atoms with Gasteiger partial charge in [0.2, 0.25) is 0 Å². The summed E-state index contributed by atoms with van der Waals surface area (Å²) in [5.41, 5.74) is 1.23. The molecule has 1 atom stereocenters. The fraction of sp³-hybridized carbons (Fsp3) is 0.421. The van der Waals surface area contributed by atoms with Gasteiger partial charge in [-0.05, 0) is 45.9 Å². The number of aliphatic carboxylic acids is 1. The number of rotatable bonds is 7. The zero-order valence-corrected chi connectivity index (χ0v) is 16.6. The van der Waals surface area contributed by atoms with Gasteiger partial charge in [0.15, 0.2) is 0 Å². The predicted octanol–water partition coefficient (Wildman–Crippen LogP) is 3.22. The van der Waals surface area contributed by atoms with Gasteiger partial charge in [-0.15, -0.1) is 0 Å². The van der Waals surface area contributed by atoms with E-state index >= 15 is 0 Å². The van der Waals surface area contributed by atoms with Crippen LogP contribution in [0.4, 0.5) is 0 Å². The van der Waals surface area contributed by atoms with Crippen LogP contribution in [-0.4, -0.2) is 45.0 Å². The summed E-state index contributed by atoms with van der Waals surface area (Å²) in [6, 6.07) is 6.03. The van der Waals surface area contributed by atoms with Gasteiger partial charge in [0.05, 0.1) is 28.7 Å². The summed E-state index contributed by atoms with van der Waals surface area (Å²) in [4.78, 5) is 24.0. The van der Waals surface area contributed by atoms with Gasteiger partial charge in [-0.3, -0.25) is 4.79 Å². The number of nitrogens with zero attached hydrogens (tertiary/aromatic N) is 2. The van der Waals surface area contributed by atoms with E-state index in [0.29, 0.717) is 22.0 Å². The molecule has 1 heterocycles. The molecule has 146 valence electrons. The number of hydrogen-bond donors (Lipinski definition) is 2. The molecule has 7 nitrogen and oxygen atoms in total. The lowest BCUT2D eigenvalue weighted by Gasteiger charge is -2.21. The van der Waals surface area contributed by atoms with Crippen molar-refractivity contribution < 1.29 is 19.4 Å². The second-order valence-corrected chi connectivity index (χ2v) is 7.59. The van der Waals surface area contributed by atoms with Crippen molar-refractivity contribution in [3.8, 4) is 5.69 Å². The van der Waals surface area contributed by atoms with Crippen LogP contribution in [0.1, 0.15) is 43.2 Å². The number of benzene rings is 1. The van der Waals surface area contributed by atoms with E-state index in [1.165, 1.54) is 6.20 Å². The van der Waals surface area contributed by atoms with Crippen LogP contribution in [0, 0.1) is 6.92 Å². The first-order chi connectivity index (χ1) is 12.6. The number of amides is 1. The molecular weight excluding hydrogens is 370 g/mol. The molecule has 0 radical (unpaired) electrons. The van der Waals surface area contributed by atoms with Crippen molar-refractivity contribution in [3.05, 3.63) is 46.7 Å². The van der Waals surface area contributed by atoms with Crippen molar-refractivity contribution in [2.24, 2.45) is 0 Å². The van der Waals surface area contributed by atoms with Crippen molar-refractivity contribution in [2.75, 3.05) is 6.61 Å². The Hall–Kier alpha value is -2.38. The molecule has 1 unspecified atom stereocenters. The third-order valence-electron chi connectivity index (χ3n) is 3.85. The molecule has 0 aliphatic carbocycles. The molecule has 0 aliphatic heterocycles. The zero-order chi connectivity index (χ0) is 20.2. The normalized spacial score (nSPS) is 12.6. The van der Waals surface area contributed by atoms with Crippen molar-refractivity contribution in [2.45, 2.75) is 45.8 Å². The summed E-state index contributed by atoms with van der Waals surface area (Å²) in [5, 5.41) is 16.7. The molecule has 8 heteroatoms. The van der Waals surface area contributed by atoms with E-state index in [4.69, 9.17) is 16.3 Å². The highest BCUT2D eigenvalue weighted by Gasteiger charge is 2.24. The van der Waals surface area contributed by atoms with E-state index in [9.17, 15) is 14.7 Å². The first-order valence-electron chi connectivity index (χ1n) is 8.56. The third-order valence-corrected chi connectivity index (χ3v) is 4.09. The molecule has 1 aromatic carbocycles. The monoisotopic (exact) mass is 393 g/mol. The Morgan fingerprint density at radius 1 is 1.37 bits per heavy atom. The minimum absolute atomic E-state index is 0.166. The first kappa shape index (κ1) is 20.9. The Kier molecular flexibility index (Phi) is 6.62. The highest BCUT2D eigenvalue weighted by atomic mass is 35.5. The Bertz CT molecular complexity index is 827. The Balaban J connectivity index is 2.11. The van der Waals surface area contributed by atoms with Crippen LogP contribution in [0.3, 0.4) is 0 Å². The minimum Gasteiger partial charge on any atom is -0.480 e. The maximum Gasteiger partial charge on any atom is 0.326 e. The van der Waals surface area contributed by atoms with Gasteiger partial charge in [0.25, 0.3) is 5.91 Å². The fourth-order valence-electron chi connectivity index (χ4n) is 2.48. The molecule has 1 amide bonds. The molecule has 0 saturated carbocycles. The summed E-state index contributed by atoms with van der Waals surface area (Å²) < 4.78 is 7.13. The molecule has 1 aromatic heterocycles. The largest absolute Gasteiger partial charge is 0.480 e. The molecule has 0 spiro atoms. The molecular formula is C19H24ClN3O4. The van der Waals surface area contributed by atoms with E-state index in [1.807, 2.05) is 26.8 Å². The molecule has 2 rings (SSSR count). The molecule has 0 bridgehead atoms. The Morgan fingerprint density at radius 2 is 2.07 bits per heavy atom. The first-order valence-corrected chi connectivity index (χ1v) is 8.94. The highest BCUT2D eigenvalue weighted by Crippen LogP contribution is 2.18. The van der Waals surface area contributed by atoms with Crippen molar-refractivity contribution in [1.82, 2.24) is 15.1 Å². The fourth-order valence-corrected chi connectivity index (χ4v) is 2.66. The third kappa shape index (κ3) is 5.80. The Morgan fingerprint density at radius 3 is 2.67 bits per heavy atom. The van der Waals surface area contributed by atoms with Gasteiger partial charge in [-0.25, -0.2) is 9.48 Å². The van der Waals surface area contributed by atoms with E-state index in [2.05, 4.69) is 10.4 Å². The smallest absolute Gasteiger partial charge is 0.326 e. The molecule has 27 heavy (non-hydrogen) atoms. The van der Waals surface area contributed by atoms with Crippen molar-refractivity contribution >= 4 is 23.5 Å². The van der Waals surface area contributed by atoms with Gasteiger partial charge >= 0.3 is 5.97 Å². The molecule has 2 aromatic rings. The molecule has 0 fully saturated rings. The number of carboxylic acid groups (broad SMARTS) is 1. The van der Waals surface area contributed by atoms with Gasteiger partial charge in [-0.2, -0.15) is 5.10 Å². The lowest BCUT2D eigenvalue weighted by atomic mass is 10.1. The summed E-state index contributed by atoms with van der Waals surface area (Å²) >= 11 is 6.00. The van der Waals surface area contributed by atoms with E-state index in [-0.39, 0.29) is 18.6 Å². The van der Waals surface area contributed by atoms with Crippen LogP contribution >= 0.6 is 11.6 Å². The lowest BCUT2D eigenvalue weighted by molar-refractivity contribution is -0.140. The number of ether oxygens (including phenoxy) is 1. The number of carbonyl (C=O) groups is 2. The Labute approximate surface area is 163 Å². The topological polar surface area (TPSA) is 93.4 Å². The number of carbonyl (C=O) groups excluding carboxylic acids is 1. The number of carboxylic acids is 1. The van der Waals surface area contributed by atoms with Gasteiger partial charge in [-0.1, -0.05) is 17.7 Å². The van der Waals surface area contributed by atoms with Crippen molar-refractivity contribution in [1.29, 1.82) is 0 Å². The van der Waals surface area contributed by atoms with Crippen molar-refractivity contribution in [3.63, 3.8) is 0 Å². The van der Waals surface area contributed by atoms with E-state index in [0.717, 1.165) is 0 Å². The maximum atomic E-state index is 12.6. The van der Waals surface area contributed by atoms with E-state index < -0.39 is 17.9 Å². The average molecular weight is 394 g/mol. The van der Waals surface area contributed by atoms with Gasteiger partial charge in [0, 0.05) is 18.1 Å². The van der Waals surface area contributed by atoms with Gasteiger partial charge < -0.3 is 15.2 Å².